The molecule has 0 unspecified atom stereocenters. The van der Waals surface area contributed by atoms with Gasteiger partial charge in [-0.2, -0.15) is 0 Å². The van der Waals surface area contributed by atoms with Crippen molar-refractivity contribution >= 4 is 5.91 Å². The Labute approximate surface area is 90.3 Å². The molecule has 0 aromatic carbocycles. The number of carbonyl (C=O) groups excluding carboxylic acids is 1. The number of carbonyl (C=O) groups is 1. The fourth-order valence-corrected chi connectivity index (χ4v) is 1.16. The van der Waals surface area contributed by atoms with Crippen LogP contribution in [0.2, 0.25) is 0 Å². The normalized spacial score (nSPS) is 10.1. The SMILES string of the molecule is O=C(NCc1ccno1)c1ccncc1F. The van der Waals surface area contributed by atoms with E-state index in [1.165, 1.54) is 18.5 Å². The molecule has 2 aromatic heterocycles. The van der Waals surface area contributed by atoms with Crippen LogP contribution >= 0.6 is 0 Å². The minimum Gasteiger partial charge on any atom is -0.360 e. The first-order valence-corrected chi connectivity index (χ1v) is 4.54. The minimum atomic E-state index is -0.655. The number of nitrogens with one attached hydrogen (secondary N) is 1. The number of nitrogens with zero attached hydrogens (tertiary/aromatic N) is 2. The molecule has 0 saturated heterocycles. The summed E-state index contributed by atoms with van der Waals surface area (Å²) in [5, 5.41) is 5.98. The summed E-state index contributed by atoms with van der Waals surface area (Å²) in [6.45, 7) is 0.167. The monoisotopic (exact) mass is 221 g/mol. The molecule has 0 radical (unpaired) electrons. The highest BCUT2D eigenvalue weighted by molar-refractivity contribution is 5.94. The average Bonchev–Trinajstić information content (AvgIpc) is 2.79. The van der Waals surface area contributed by atoms with E-state index < -0.39 is 11.7 Å². The fraction of sp³-hybridized carbons (Fsp3) is 0.100. The predicted octanol–water partition coefficient (Wildman–Crippen LogP) is 1.14. The Kier molecular flexibility index (Phi) is 2.90. The number of aromatic nitrogens is 2. The van der Waals surface area contributed by atoms with Gasteiger partial charge in [-0.25, -0.2) is 4.39 Å². The largest absolute Gasteiger partial charge is 0.360 e. The lowest BCUT2D eigenvalue weighted by Crippen LogP contribution is -2.23. The molecule has 0 aliphatic rings. The second-order valence-corrected chi connectivity index (χ2v) is 3.02. The van der Waals surface area contributed by atoms with Gasteiger partial charge in [0.15, 0.2) is 11.6 Å². The van der Waals surface area contributed by atoms with Crippen molar-refractivity contribution in [2.24, 2.45) is 0 Å². The first-order valence-electron chi connectivity index (χ1n) is 4.54. The van der Waals surface area contributed by atoms with Crippen LogP contribution in [0.4, 0.5) is 4.39 Å². The van der Waals surface area contributed by atoms with Crippen LogP contribution in [0.25, 0.3) is 0 Å². The third-order valence-electron chi connectivity index (χ3n) is 1.93. The molecule has 16 heavy (non-hydrogen) atoms. The molecule has 82 valence electrons. The third-order valence-corrected chi connectivity index (χ3v) is 1.93. The number of hydrogen-bond donors (Lipinski definition) is 1. The Hall–Kier alpha value is -2.24. The Morgan fingerprint density at radius 1 is 1.44 bits per heavy atom. The summed E-state index contributed by atoms with van der Waals surface area (Å²) in [6.07, 6.45) is 3.81. The highest BCUT2D eigenvalue weighted by atomic mass is 19.1. The summed E-state index contributed by atoms with van der Waals surface area (Å²) in [6, 6.07) is 2.92. The maximum absolute atomic E-state index is 13.1. The predicted molar refractivity (Wildman–Crippen MR) is 51.9 cm³/mol. The molecule has 0 fully saturated rings. The molecular weight excluding hydrogens is 213 g/mol. The van der Waals surface area contributed by atoms with Crippen LogP contribution in [0.1, 0.15) is 16.1 Å². The van der Waals surface area contributed by atoms with E-state index in [1.54, 1.807) is 6.07 Å². The highest BCUT2D eigenvalue weighted by Crippen LogP contribution is 2.04. The number of halogens is 1. The van der Waals surface area contributed by atoms with Crippen molar-refractivity contribution in [3.8, 4) is 0 Å². The van der Waals surface area contributed by atoms with Gasteiger partial charge >= 0.3 is 0 Å². The van der Waals surface area contributed by atoms with Crippen LogP contribution in [0.15, 0.2) is 35.2 Å². The molecule has 0 saturated carbocycles. The zero-order valence-electron chi connectivity index (χ0n) is 8.18. The Morgan fingerprint density at radius 2 is 2.31 bits per heavy atom. The number of amides is 1. The second kappa shape index (κ2) is 4.52. The summed E-state index contributed by atoms with van der Waals surface area (Å²) < 4.78 is 17.9. The van der Waals surface area contributed by atoms with Crippen LogP contribution in [0.3, 0.4) is 0 Å². The van der Waals surface area contributed by atoms with Crippen molar-refractivity contribution in [1.29, 1.82) is 0 Å². The molecule has 0 bridgehead atoms. The zero-order chi connectivity index (χ0) is 11.4. The molecule has 5 nitrogen and oxygen atoms in total. The van der Waals surface area contributed by atoms with E-state index in [0.717, 1.165) is 6.20 Å². The molecule has 2 heterocycles. The first-order chi connectivity index (χ1) is 7.77. The summed E-state index contributed by atoms with van der Waals surface area (Å²) in [5.41, 5.74) is -0.0467. The van der Waals surface area contributed by atoms with Crippen LogP contribution in [-0.2, 0) is 6.54 Å². The highest BCUT2D eigenvalue weighted by Gasteiger charge is 2.11. The summed E-state index contributed by atoms with van der Waals surface area (Å²) in [7, 11) is 0. The van der Waals surface area contributed by atoms with Crippen LogP contribution in [0.5, 0.6) is 0 Å². The Balaban J connectivity index is 2.01. The van der Waals surface area contributed by atoms with Gasteiger partial charge in [0, 0.05) is 12.3 Å². The van der Waals surface area contributed by atoms with E-state index in [0.29, 0.717) is 5.76 Å². The minimum absolute atomic E-state index is 0.0467. The van der Waals surface area contributed by atoms with Gasteiger partial charge in [0.1, 0.15) is 0 Å². The summed E-state index contributed by atoms with van der Waals surface area (Å²) in [4.78, 5) is 15.1. The van der Waals surface area contributed by atoms with Gasteiger partial charge in [-0.15, -0.1) is 0 Å². The van der Waals surface area contributed by atoms with Gasteiger partial charge in [0.05, 0.1) is 24.5 Å². The molecule has 2 rings (SSSR count). The molecule has 0 aliphatic heterocycles. The lowest BCUT2D eigenvalue weighted by atomic mass is 10.2. The number of pyridine rings is 1. The molecule has 6 heteroatoms. The second-order valence-electron chi connectivity index (χ2n) is 3.02. The summed E-state index contributed by atoms with van der Waals surface area (Å²) >= 11 is 0. The van der Waals surface area contributed by atoms with E-state index in [1.807, 2.05) is 0 Å². The topological polar surface area (TPSA) is 68.0 Å². The van der Waals surface area contributed by atoms with E-state index in [9.17, 15) is 9.18 Å². The van der Waals surface area contributed by atoms with Crippen molar-refractivity contribution in [2.75, 3.05) is 0 Å². The van der Waals surface area contributed by atoms with Gasteiger partial charge in [-0.05, 0) is 6.07 Å². The van der Waals surface area contributed by atoms with E-state index >= 15 is 0 Å². The van der Waals surface area contributed by atoms with Gasteiger partial charge in [0.25, 0.3) is 5.91 Å². The standard InChI is InChI=1S/C10H8FN3O2/c11-9-6-12-3-2-8(9)10(15)13-5-7-1-4-14-16-7/h1-4,6H,5H2,(H,13,15). The lowest BCUT2D eigenvalue weighted by molar-refractivity contribution is 0.0943. The van der Waals surface area contributed by atoms with Crippen LogP contribution < -0.4 is 5.32 Å². The lowest BCUT2D eigenvalue weighted by Gasteiger charge is -2.02. The van der Waals surface area contributed by atoms with E-state index in [2.05, 4.69) is 15.5 Å². The molecule has 0 spiro atoms. The quantitative estimate of drug-likeness (QED) is 0.843. The Bertz CT molecular complexity index is 485. The molecule has 1 N–H and O–H groups in total. The first kappa shape index (κ1) is 10.3. The fourth-order valence-electron chi connectivity index (χ4n) is 1.16. The smallest absolute Gasteiger partial charge is 0.254 e. The third kappa shape index (κ3) is 2.22. The van der Waals surface area contributed by atoms with Crippen molar-refractivity contribution in [2.45, 2.75) is 6.54 Å². The van der Waals surface area contributed by atoms with Gasteiger partial charge < -0.3 is 9.84 Å². The number of hydrogen-bond acceptors (Lipinski definition) is 4. The average molecular weight is 221 g/mol. The molecule has 0 atom stereocenters. The van der Waals surface area contributed by atoms with Gasteiger partial charge in [0.2, 0.25) is 0 Å². The van der Waals surface area contributed by atoms with Crippen molar-refractivity contribution in [1.82, 2.24) is 15.5 Å². The molecule has 2 aromatic rings. The van der Waals surface area contributed by atoms with Crippen molar-refractivity contribution < 1.29 is 13.7 Å². The molecular formula is C10H8FN3O2. The van der Waals surface area contributed by atoms with E-state index in [-0.39, 0.29) is 12.1 Å². The van der Waals surface area contributed by atoms with E-state index in [4.69, 9.17) is 4.52 Å². The maximum atomic E-state index is 13.1. The molecule has 1 amide bonds. The van der Waals surface area contributed by atoms with Crippen molar-refractivity contribution in [3.63, 3.8) is 0 Å². The van der Waals surface area contributed by atoms with Crippen LogP contribution in [0, 0.1) is 5.82 Å². The molecule has 0 aliphatic carbocycles. The van der Waals surface area contributed by atoms with Crippen LogP contribution in [-0.4, -0.2) is 16.0 Å². The van der Waals surface area contributed by atoms with Gasteiger partial charge in [-0.3, -0.25) is 9.78 Å². The van der Waals surface area contributed by atoms with Gasteiger partial charge in [-0.1, -0.05) is 5.16 Å². The Morgan fingerprint density at radius 3 is 3.00 bits per heavy atom. The maximum Gasteiger partial charge on any atom is 0.254 e. The van der Waals surface area contributed by atoms with Crippen molar-refractivity contribution in [3.05, 3.63) is 47.9 Å². The summed E-state index contributed by atoms with van der Waals surface area (Å²) in [5.74, 6) is -0.670. The number of rotatable bonds is 3. The zero-order valence-corrected chi connectivity index (χ0v) is 8.18.